The van der Waals surface area contributed by atoms with E-state index in [1.54, 1.807) is 12.2 Å². The zero-order valence-electron chi connectivity index (χ0n) is 6.33. The highest BCUT2D eigenvalue weighted by atomic mass is 16.2. The number of hydrogen-bond donors (Lipinski definition) is 1. The molecule has 0 fully saturated rings. The first-order valence-corrected chi connectivity index (χ1v) is 3.54. The Bertz CT molecular complexity index is 132. The Labute approximate surface area is 62.4 Å². The molecule has 0 bridgehead atoms. The van der Waals surface area contributed by atoms with Crippen molar-refractivity contribution in [3.63, 3.8) is 0 Å². The summed E-state index contributed by atoms with van der Waals surface area (Å²) in [6, 6.07) is 0. The van der Waals surface area contributed by atoms with E-state index in [4.69, 9.17) is 5.11 Å². The van der Waals surface area contributed by atoms with E-state index in [2.05, 4.69) is 13.0 Å². The molecule has 0 radical (unpaired) electrons. The summed E-state index contributed by atoms with van der Waals surface area (Å²) >= 11 is 0. The fraction of sp³-hybridized carbons (Fsp3) is 0.333. The van der Waals surface area contributed by atoms with Gasteiger partial charge in [0, 0.05) is 0 Å². The molecule has 0 saturated heterocycles. The van der Waals surface area contributed by atoms with Gasteiger partial charge in [0.05, 0.1) is 6.26 Å². The normalized spacial score (nSPS) is 12.5. The van der Waals surface area contributed by atoms with Crippen LogP contribution in [0.15, 0.2) is 36.6 Å². The highest BCUT2D eigenvalue weighted by Gasteiger charge is 1.68. The first kappa shape index (κ1) is 9.02. The number of aliphatic hydroxyl groups is 1. The Kier molecular flexibility index (Phi) is 7.23. The molecule has 10 heavy (non-hydrogen) atoms. The van der Waals surface area contributed by atoms with Crippen LogP contribution in [0.25, 0.3) is 0 Å². The standard InChI is InChI=1S/C9H14O/c1-2-3-4-5-6-7-8-9-10/h4-10H,2-3H2,1H3. The maximum atomic E-state index is 8.21. The third-order valence-corrected chi connectivity index (χ3v) is 1.01. The molecule has 0 saturated carbocycles. The Morgan fingerprint density at radius 1 is 1.10 bits per heavy atom. The summed E-state index contributed by atoms with van der Waals surface area (Å²) in [4.78, 5) is 0. The fourth-order valence-electron chi connectivity index (χ4n) is 0.519. The van der Waals surface area contributed by atoms with Crippen molar-refractivity contribution in [1.82, 2.24) is 0 Å². The molecule has 1 nitrogen and oxygen atoms in total. The van der Waals surface area contributed by atoms with E-state index in [0.29, 0.717) is 0 Å². The van der Waals surface area contributed by atoms with E-state index in [1.807, 2.05) is 12.2 Å². The van der Waals surface area contributed by atoms with Gasteiger partial charge in [0.1, 0.15) is 0 Å². The van der Waals surface area contributed by atoms with Crippen molar-refractivity contribution in [2.45, 2.75) is 19.8 Å². The van der Waals surface area contributed by atoms with E-state index in [1.165, 1.54) is 6.42 Å². The smallest absolute Gasteiger partial charge is 0.0791 e. The van der Waals surface area contributed by atoms with Crippen LogP contribution in [0.1, 0.15) is 19.8 Å². The van der Waals surface area contributed by atoms with Gasteiger partial charge >= 0.3 is 0 Å². The van der Waals surface area contributed by atoms with Crippen molar-refractivity contribution in [1.29, 1.82) is 0 Å². The van der Waals surface area contributed by atoms with Crippen LogP contribution in [-0.4, -0.2) is 5.11 Å². The van der Waals surface area contributed by atoms with Gasteiger partial charge in [-0.2, -0.15) is 0 Å². The van der Waals surface area contributed by atoms with Gasteiger partial charge in [-0.25, -0.2) is 0 Å². The highest BCUT2D eigenvalue weighted by molar-refractivity contribution is 5.09. The number of hydrogen-bond acceptors (Lipinski definition) is 1. The Hall–Kier alpha value is -0.980. The van der Waals surface area contributed by atoms with Gasteiger partial charge in [-0.3, -0.25) is 0 Å². The lowest BCUT2D eigenvalue weighted by Gasteiger charge is -1.78. The quantitative estimate of drug-likeness (QED) is 0.467. The van der Waals surface area contributed by atoms with Crippen molar-refractivity contribution in [3.05, 3.63) is 36.6 Å². The van der Waals surface area contributed by atoms with Gasteiger partial charge in [0.2, 0.25) is 0 Å². The van der Waals surface area contributed by atoms with Gasteiger partial charge in [-0.1, -0.05) is 37.6 Å². The van der Waals surface area contributed by atoms with Crippen molar-refractivity contribution in [2.75, 3.05) is 0 Å². The highest BCUT2D eigenvalue weighted by Crippen LogP contribution is 1.88. The fourth-order valence-corrected chi connectivity index (χ4v) is 0.519. The summed E-state index contributed by atoms with van der Waals surface area (Å²) in [5.41, 5.74) is 0. The molecular formula is C9H14O. The summed E-state index contributed by atoms with van der Waals surface area (Å²) in [7, 11) is 0. The first-order chi connectivity index (χ1) is 4.91. The molecule has 0 aromatic heterocycles. The minimum Gasteiger partial charge on any atom is -0.516 e. The molecule has 0 amide bonds. The predicted molar refractivity (Wildman–Crippen MR) is 45.0 cm³/mol. The summed E-state index contributed by atoms with van der Waals surface area (Å²) in [5.74, 6) is 0. The monoisotopic (exact) mass is 138 g/mol. The Morgan fingerprint density at radius 3 is 2.40 bits per heavy atom. The minimum absolute atomic E-state index is 1.02. The number of unbranched alkanes of at least 4 members (excludes halogenated alkanes) is 1. The van der Waals surface area contributed by atoms with Gasteiger partial charge in [0.15, 0.2) is 0 Å². The van der Waals surface area contributed by atoms with Crippen LogP contribution in [0.3, 0.4) is 0 Å². The molecule has 56 valence electrons. The molecule has 1 N–H and O–H groups in total. The van der Waals surface area contributed by atoms with Gasteiger partial charge in [0.25, 0.3) is 0 Å². The second-order valence-corrected chi connectivity index (χ2v) is 1.94. The second-order valence-electron chi connectivity index (χ2n) is 1.94. The average molecular weight is 138 g/mol. The van der Waals surface area contributed by atoms with E-state index in [9.17, 15) is 0 Å². The molecule has 0 rings (SSSR count). The van der Waals surface area contributed by atoms with Crippen molar-refractivity contribution < 1.29 is 5.11 Å². The molecule has 1 heteroatoms. The van der Waals surface area contributed by atoms with E-state index < -0.39 is 0 Å². The van der Waals surface area contributed by atoms with Crippen LogP contribution >= 0.6 is 0 Å². The van der Waals surface area contributed by atoms with Crippen LogP contribution in [0.4, 0.5) is 0 Å². The van der Waals surface area contributed by atoms with Crippen LogP contribution in [0, 0.1) is 0 Å². The number of aliphatic hydroxyl groups excluding tert-OH is 1. The van der Waals surface area contributed by atoms with Crippen LogP contribution in [0.2, 0.25) is 0 Å². The number of rotatable bonds is 4. The zero-order valence-corrected chi connectivity index (χ0v) is 6.33. The largest absolute Gasteiger partial charge is 0.516 e. The molecule has 0 aliphatic heterocycles. The lowest BCUT2D eigenvalue weighted by Crippen LogP contribution is -1.58. The zero-order chi connectivity index (χ0) is 7.66. The summed E-state index contributed by atoms with van der Waals surface area (Å²) in [6.45, 7) is 2.14. The van der Waals surface area contributed by atoms with Crippen molar-refractivity contribution >= 4 is 0 Å². The van der Waals surface area contributed by atoms with Crippen LogP contribution in [0.5, 0.6) is 0 Å². The van der Waals surface area contributed by atoms with E-state index in [0.717, 1.165) is 12.7 Å². The summed E-state index contributed by atoms with van der Waals surface area (Å²) < 4.78 is 0. The molecule has 0 heterocycles. The Balaban J connectivity index is 3.32. The lowest BCUT2D eigenvalue weighted by molar-refractivity contribution is 0.474. The molecule has 0 aliphatic carbocycles. The summed E-state index contributed by atoms with van der Waals surface area (Å²) in [6.07, 6.45) is 12.6. The lowest BCUT2D eigenvalue weighted by atomic mass is 10.3. The van der Waals surface area contributed by atoms with E-state index in [-0.39, 0.29) is 0 Å². The topological polar surface area (TPSA) is 20.2 Å². The third kappa shape index (κ3) is 7.02. The first-order valence-electron chi connectivity index (χ1n) is 3.54. The molecule has 0 spiro atoms. The molecule has 0 atom stereocenters. The SMILES string of the molecule is CCCC=CC=CC=CO. The van der Waals surface area contributed by atoms with Crippen molar-refractivity contribution in [3.8, 4) is 0 Å². The second kappa shape index (κ2) is 8.02. The third-order valence-electron chi connectivity index (χ3n) is 1.01. The molecule has 0 aromatic carbocycles. The average Bonchev–Trinajstić information content (AvgIpc) is 1.97. The Morgan fingerprint density at radius 2 is 1.80 bits per heavy atom. The minimum atomic E-state index is 1.02. The van der Waals surface area contributed by atoms with Crippen LogP contribution in [-0.2, 0) is 0 Å². The van der Waals surface area contributed by atoms with E-state index >= 15 is 0 Å². The molecular weight excluding hydrogens is 124 g/mol. The predicted octanol–water partition coefficient (Wildman–Crippen LogP) is 2.97. The van der Waals surface area contributed by atoms with Crippen molar-refractivity contribution in [2.24, 2.45) is 0 Å². The maximum absolute atomic E-state index is 8.21. The van der Waals surface area contributed by atoms with Gasteiger partial charge in [-0.15, -0.1) is 0 Å². The van der Waals surface area contributed by atoms with Gasteiger partial charge < -0.3 is 5.11 Å². The maximum Gasteiger partial charge on any atom is 0.0791 e. The molecule has 0 unspecified atom stereocenters. The summed E-state index contributed by atoms with van der Waals surface area (Å²) in [5, 5.41) is 8.21. The molecule has 0 aliphatic rings. The molecule has 0 aromatic rings. The van der Waals surface area contributed by atoms with Gasteiger partial charge in [-0.05, 0) is 12.5 Å². The van der Waals surface area contributed by atoms with Crippen LogP contribution < -0.4 is 0 Å². The number of allylic oxidation sites excluding steroid dienone is 5.